The Morgan fingerprint density at radius 1 is 1.33 bits per heavy atom. The van der Waals surface area contributed by atoms with E-state index in [0.717, 1.165) is 12.8 Å². The van der Waals surface area contributed by atoms with Gasteiger partial charge in [0.05, 0.1) is 5.88 Å². The Morgan fingerprint density at radius 2 is 2.00 bits per heavy atom. The zero-order chi connectivity index (χ0) is 11.1. The molecule has 0 saturated heterocycles. The minimum atomic E-state index is 0.0676. The Labute approximate surface area is 95.8 Å². The van der Waals surface area contributed by atoms with Gasteiger partial charge in [0, 0.05) is 5.57 Å². The Hall–Kier alpha value is -1.08. The maximum Gasteiger partial charge on any atom is 0.156 e. The molecule has 2 heteroatoms. The van der Waals surface area contributed by atoms with Crippen LogP contribution in [0.2, 0.25) is 0 Å². The first-order valence-electron chi connectivity index (χ1n) is 5.04. The lowest BCUT2D eigenvalue weighted by molar-refractivity contribution is -0.113. The van der Waals surface area contributed by atoms with Gasteiger partial charge < -0.3 is 0 Å². The summed E-state index contributed by atoms with van der Waals surface area (Å²) in [5.41, 5.74) is 2.00. The van der Waals surface area contributed by atoms with Gasteiger partial charge in [0.25, 0.3) is 0 Å². The maximum atomic E-state index is 11.1. The number of hydrogen-bond donors (Lipinski definition) is 0. The predicted octanol–water partition coefficient (Wildman–Crippen LogP) is 3.37. The van der Waals surface area contributed by atoms with Gasteiger partial charge in [-0.15, -0.1) is 11.6 Å². The molecule has 0 aliphatic carbocycles. The highest BCUT2D eigenvalue weighted by molar-refractivity contribution is 6.22. The van der Waals surface area contributed by atoms with E-state index in [-0.39, 0.29) is 5.78 Å². The highest BCUT2D eigenvalue weighted by Crippen LogP contribution is 2.06. The molecule has 1 nitrogen and oxygen atoms in total. The Morgan fingerprint density at radius 3 is 2.53 bits per heavy atom. The van der Waals surface area contributed by atoms with Crippen molar-refractivity contribution in [3.63, 3.8) is 0 Å². The molecule has 0 aromatic heterocycles. The molecule has 0 unspecified atom stereocenters. The number of ketones is 1. The van der Waals surface area contributed by atoms with Gasteiger partial charge in [-0.25, -0.2) is 0 Å². The highest BCUT2D eigenvalue weighted by atomic mass is 35.5. The molecule has 1 aromatic rings. The van der Waals surface area contributed by atoms with E-state index in [2.05, 4.69) is 12.1 Å². The summed E-state index contributed by atoms with van der Waals surface area (Å²) >= 11 is 5.66. The molecule has 0 atom stereocenters. The van der Waals surface area contributed by atoms with Crippen LogP contribution in [-0.2, 0) is 11.2 Å². The number of rotatable bonds is 5. The topological polar surface area (TPSA) is 17.1 Å². The second-order valence-electron chi connectivity index (χ2n) is 3.44. The molecule has 0 spiro atoms. The van der Waals surface area contributed by atoms with Crippen LogP contribution in [0.25, 0.3) is 0 Å². The molecule has 80 valence electrons. The molecule has 0 heterocycles. The first-order valence-corrected chi connectivity index (χ1v) is 5.57. The standard InChI is InChI=1S/C13H15ClO/c1-11(15)13(10-14)9-5-8-12-6-3-2-4-7-12/h2-4,6-7,9H,5,8,10H2,1H3/b13-9+. The average Bonchev–Trinajstić information content (AvgIpc) is 2.25. The predicted molar refractivity (Wildman–Crippen MR) is 64.2 cm³/mol. The molecule has 1 rings (SSSR count). The quantitative estimate of drug-likeness (QED) is 0.552. The minimum absolute atomic E-state index is 0.0676. The van der Waals surface area contributed by atoms with Crippen LogP contribution in [0, 0.1) is 0 Å². The Bertz CT molecular complexity index is 341. The SMILES string of the molecule is CC(=O)/C(=C/CCc1ccccc1)CCl. The van der Waals surface area contributed by atoms with Crippen molar-refractivity contribution < 1.29 is 4.79 Å². The van der Waals surface area contributed by atoms with Crippen LogP contribution in [0.4, 0.5) is 0 Å². The molecular formula is C13H15ClO. The van der Waals surface area contributed by atoms with Crippen LogP contribution in [0.15, 0.2) is 42.0 Å². The first kappa shape index (κ1) is 12.0. The van der Waals surface area contributed by atoms with Crippen LogP contribution in [0.5, 0.6) is 0 Å². The number of benzene rings is 1. The van der Waals surface area contributed by atoms with Crippen LogP contribution in [0.1, 0.15) is 18.9 Å². The first-order chi connectivity index (χ1) is 7.24. The summed E-state index contributed by atoms with van der Waals surface area (Å²) < 4.78 is 0. The van der Waals surface area contributed by atoms with Gasteiger partial charge in [-0.05, 0) is 25.3 Å². The van der Waals surface area contributed by atoms with E-state index in [0.29, 0.717) is 11.5 Å². The third kappa shape index (κ3) is 4.30. The van der Waals surface area contributed by atoms with Gasteiger partial charge in [-0.1, -0.05) is 36.4 Å². The summed E-state index contributed by atoms with van der Waals surface area (Å²) in [6, 6.07) is 10.2. The van der Waals surface area contributed by atoms with E-state index < -0.39 is 0 Å². The van der Waals surface area contributed by atoms with Crippen LogP contribution in [0.3, 0.4) is 0 Å². The van der Waals surface area contributed by atoms with Gasteiger partial charge in [-0.2, -0.15) is 0 Å². The lowest BCUT2D eigenvalue weighted by Crippen LogP contribution is -1.98. The van der Waals surface area contributed by atoms with Crippen molar-refractivity contribution in [1.82, 2.24) is 0 Å². The third-order valence-electron chi connectivity index (χ3n) is 2.26. The Balaban J connectivity index is 2.48. The fourth-order valence-electron chi connectivity index (χ4n) is 1.35. The zero-order valence-corrected chi connectivity index (χ0v) is 9.63. The molecule has 1 aromatic carbocycles. The van der Waals surface area contributed by atoms with Crippen molar-refractivity contribution in [3.8, 4) is 0 Å². The third-order valence-corrected chi connectivity index (χ3v) is 2.55. The molecule has 0 saturated carbocycles. The van der Waals surface area contributed by atoms with E-state index >= 15 is 0 Å². The van der Waals surface area contributed by atoms with Gasteiger partial charge >= 0.3 is 0 Å². The number of hydrogen-bond acceptors (Lipinski definition) is 1. The largest absolute Gasteiger partial charge is 0.295 e. The van der Waals surface area contributed by atoms with Crippen molar-refractivity contribution in [2.45, 2.75) is 19.8 Å². The van der Waals surface area contributed by atoms with Gasteiger partial charge in [0.15, 0.2) is 5.78 Å². The fraction of sp³-hybridized carbons (Fsp3) is 0.308. The lowest BCUT2D eigenvalue weighted by Gasteiger charge is -1.99. The van der Waals surface area contributed by atoms with E-state index in [9.17, 15) is 4.79 Å². The highest BCUT2D eigenvalue weighted by Gasteiger charge is 2.00. The summed E-state index contributed by atoms with van der Waals surface area (Å²) in [5, 5.41) is 0. The number of halogens is 1. The fourth-order valence-corrected chi connectivity index (χ4v) is 1.65. The summed E-state index contributed by atoms with van der Waals surface area (Å²) in [6.07, 6.45) is 3.75. The molecule has 0 fully saturated rings. The van der Waals surface area contributed by atoms with Crippen molar-refractivity contribution in [1.29, 1.82) is 0 Å². The minimum Gasteiger partial charge on any atom is -0.295 e. The van der Waals surface area contributed by atoms with Crippen molar-refractivity contribution >= 4 is 17.4 Å². The normalized spacial score (nSPS) is 11.5. The second kappa shape index (κ2) is 6.41. The van der Waals surface area contributed by atoms with E-state index in [4.69, 9.17) is 11.6 Å². The number of allylic oxidation sites excluding steroid dienone is 2. The molecular weight excluding hydrogens is 208 g/mol. The maximum absolute atomic E-state index is 11.1. The van der Waals surface area contributed by atoms with Gasteiger partial charge in [-0.3, -0.25) is 4.79 Å². The average molecular weight is 223 g/mol. The zero-order valence-electron chi connectivity index (χ0n) is 8.87. The van der Waals surface area contributed by atoms with Gasteiger partial charge in [0.2, 0.25) is 0 Å². The molecule has 0 N–H and O–H groups in total. The molecule has 0 bridgehead atoms. The number of carbonyl (C=O) groups excluding carboxylic acids is 1. The van der Waals surface area contributed by atoms with E-state index in [1.165, 1.54) is 5.56 Å². The summed E-state index contributed by atoms with van der Waals surface area (Å²) in [6.45, 7) is 1.55. The van der Waals surface area contributed by atoms with Crippen molar-refractivity contribution in [2.75, 3.05) is 5.88 Å². The lowest BCUT2D eigenvalue weighted by atomic mass is 10.1. The molecule has 0 aliphatic heterocycles. The van der Waals surface area contributed by atoms with Gasteiger partial charge in [0.1, 0.15) is 0 Å². The number of alkyl halides is 1. The number of Topliss-reactive ketones (excluding diaryl/α,β-unsaturated/α-hetero) is 1. The van der Waals surface area contributed by atoms with E-state index in [1.54, 1.807) is 6.92 Å². The molecule has 0 amide bonds. The summed E-state index contributed by atoms with van der Waals surface area (Å²) in [5.74, 6) is 0.377. The summed E-state index contributed by atoms with van der Waals surface area (Å²) in [7, 11) is 0. The van der Waals surface area contributed by atoms with Crippen molar-refractivity contribution in [3.05, 3.63) is 47.5 Å². The van der Waals surface area contributed by atoms with Crippen LogP contribution in [-0.4, -0.2) is 11.7 Å². The molecule has 0 radical (unpaired) electrons. The smallest absolute Gasteiger partial charge is 0.156 e. The number of carbonyl (C=O) groups is 1. The molecule has 0 aliphatic rings. The monoisotopic (exact) mass is 222 g/mol. The van der Waals surface area contributed by atoms with E-state index in [1.807, 2.05) is 24.3 Å². The summed E-state index contributed by atoms with van der Waals surface area (Å²) in [4.78, 5) is 11.1. The van der Waals surface area contributed by atoms with Crippen LogP contribution >= 0.6 is 11.6 Å². The second-order valence-corrected chi connectivity index (χ2v) is 3.71. The van der Waals surface area contributed by atoms with Crippen LogP contribution < -0.4 is 0 Å². The Kier molecular flexibility index (Phi) is 5.13. The molecule has 15 heavy (non-hydrogen) atoms. The number of aryl methyl sites for hydroxylation is 1. The van der Waals surface area contributed by atoms with Crippen molar-refractivity contribution in [2.24, 2.45) is 0 Å².